The standard InChI is InChI=1S/C17H23N3OS/c1-12-11-22-17-18-14(9-16(21)20(12)17)10-19-8-4-6-13-5-2-3-7-15(13)19/h9,11,13,15H,2-8,10H2,1H3. The Labute approximate surface area is 134 Å². The number of likely N-dealkylation sites (tertiary alicyclic amines) is 1. The third-order valence-corrected chi connectivity index (χ3v) is 6.30. The highest BCUT2D eigenvalue weighted by molar-refractivity contribution is 7.15. The molecule has 0 radical (unpaired) electrons. The molecule has 2 aromatic rings. The van der Waals surface area contributed by atoms with Crippen LogP contribution < -0.4 is 5.56 Å². The number of fused-ring (bicyclic) bond motifs is 2. The topological polar surface area (TPSA) is 37.6 Å². The van der Waals surface area contributed by atoms with Crippen LogP contribution in [0.25, 0.3) is 4.96 Å². The average molecular weight is 317 g/mol. The minimum Gasteiger partial charge on any atom is -0.294 e. The highest BCUT2D eigenvalue weighted by Crippen LogP contribution is 2.35. The fourth-order valence-corrected chi connectivity index (χ4v) is 5.20. The molecule has 2 aromatic heterocycles. The van der Waals surface area contributed by atoms with Crippen molar-refractivity contribution in [3.63, 3.8) is 0 Å². The average Bonchev–Trinajstić information content (AvgIpc) is 2.89. The van der Waals surface area contributed by atoms with Crippen LogP contribution >= 0.6 is 11.3 Å². The third-order valence-electron chi connectivity index (χ3n) is 5.35. The second-order valence-corrected chi connectivity index (χ2v) is 7.64. The van der Waals surface area contributed by atoms with Gasteiger partial charge in [-0.3, -0.25) is 14.1 Å². The Bertz CT molecular complexity index is 733. The molecule has 2 fully saturated rings. The Balaban J connectivity index is 1.61. The number of nitrogens with zero attached hydrogens (tertiary/aromatic N) is 3. The molecule has 0 bridgehead atoms. The molecule has 0 aromatic carbocycles. The van der Waals surface area contributed by atoms with E-state index in [0.29, 0.717) is 6.04 Å². The molecule has 118 valence electrons. The van der Waals surface area contributed by atoms with E-state index >= 15 is 0 Å². The lowest BCUT2D eigenvalue weighted by Crippen LogP contribution is -2.46. The van der Waals surface area contributed by atoms with Gasteiger partial charge in [0.25, 0.3) is 5.56 Å². The monoisotopic (exact) mass is 317 g/mol. The smallest absolute Gasteiger partial charge is 0.259 e. The van der Waals surface area contributed by atoms with E-state index in [4.69, 9.17) is 4.98 Å². The highest BCUT2D eigenvalue weighted by Gasteiger charge is 2.33. The molecule has 1 saturated heterocycles. The molecule has 22 heavy (non-hydrogen) atoms. The summed E-state index contributed by atoms with van der Waals surface area (Å²) >= 11 is 1.56. The number of aromatic nitrogens is 2. The lowest BCUT2D eigenvalue weighted by molar-refractivity contribution is 0.0537. The predicted octanol–water partition coefficient (Wildman–Crippen LogP) is 3.22. The molecule has 0 spiro atoms. The molecule has 1 aliphatic heterocycles. The van der Waals surface area contributed by atoms with Crippen LogP contribution in [0.5, 0.6) is 0 Å². The molecule has 2 aliphatic rings. The van der Waals surface area contributed by atoms with Gasteiger partial charge in [-0.15, -0.1) is 11.3 Å². The summed E-state index contributed by atoms with van der Waals surface area (Å²) < 4.78 is 1.72. The van der Waals surface area contributed by atoms with Gasteiger partial charge in [0.05, 0.1) is 5.69 Å². The lowest BCUT2D eigenvalue weighted by atomic mass is 9.78. The van der Waals surface area contributed by atoms with Gasteiger partial charge in [0, 0.05) is 29.7 Å². The number of thiazole rings is 1. The van der Waals surface area contributed by atoms with Gasteiger partial charge in [-0.1, -0.05) is 12.8 Å². The summed E-state index contributed by atoms with van der Waals surface area (Å²) in [5.74, 6) is 0.872. The number of piperidine rings is 1. The van der Waals surface area contributed by atoms with Crippen molar-refractivity contribution in [1.82, 2.24) is 14.3 Å². The van der Waals surface area contributed by atoms with Crippen molar-refractivity contribution >= 4 is 16.3 Å². The van der Waals surface area contributed by atoms with E-state index in [-0.39, 0.29) is 5.56 Å². The largest absolute Gasteiger partial charge is 0.294 e. The molecule has 1 saturated carbocycles. The van der Waals surface area contributed by atoms with Gasteiger partial charge in [0.1, 0.15) is 0 Å². The van der Waals surface area contributed by atoms with E-state index in [0.717, 1.165) is 35.4 Å². The molecule has 0 N–H and O–H groups in total. The SMILES string of the molecule is Cc1csc2nc(CN3CCCC4CCCCC43)cc(=O)n12. The first kappa shape index (κ1) is 14.4. The third kappa shape index (κ3) is 2.50. The Morgan fingerprint density at radius 2 is 2.09 bits per heavy atom. The molecular formula is C17H23N3OS. The summed E-state index contributed by atoms with van der Waals surface area (Å²) in [6.45, 7) is 3.96. The van der Waals surface area contributed by atoms with Crippen LogP contribution in [0.2, 0.25) is 0 Å². The highest BCUT2D eigenvalue weighted by atomic mass is 32.1. The molecule has 0 amide bonds. The maximum Gasteiger partial charge on any atom is 0.259 e. The number of aryl methyl sites for hydroxylation is 1. The number of hydrogen-bond acceptors (Lipinski definition) is 4. The number of rotatable bonds is 2. The van der Waals surface area contributed by atoms with E-state index in [1.165, 1.54) is 38.5 Å². The predicted molar refractivity (Wildman–Crippen MR) is 89.5 cm³/mol. The first-order valence-corrected chi connectivity index (χ1v) is 9.31. The number of hydrogen-bond donors (Lipinski definition) is 0. The van der Waals surface area contributed by atoms with Crippen LogP contribution in [0.3, 0.4) is 0 Å². The molecule has 2 unspecified atom stereocenters. The van der Waals surface area contributed by atoms with Crippen LogP contribution in [-0.4, -0.2) is 26.9 Å². The molecule has 4 rings (SSSR count). The van der Waals surface area contributed by atoms with Crippen molar-refractivity contribution in [2.45, 2.75) is 58.0 Å². The summed E-state index contributed by atoms with van der Waals surface area (Å²) in [7, 11) is 0. The molecule has 5 heteroatoms. The van der Waals surface area contributed by atoms with Crippen molar-refractivity contribution in [3.05, 3.63) is 33.2 Å². The Morgan fingerprint density at radius 1 is 1.27 bits per heavy atom. The van der Waals surface area contributed by atoms with Gasteiger partial charge in [-0.25, -0.2) is 4.98 Å². The van der Waals surface area contributed by atoms with E-state index in [9.17, 15) is 4.79 Å². The van der Waals surface area contributed by atoms with E-state index in [1.807, 2.05) is 12.3 Å². The maximum atomic E-state index is 12.3. The maximum absolute atomic E-state index is 12.3. The second kappa shape index (κ2) is 5.78. The van der Waals surface area contributed by atoms with Gasteiger partial charge in [0.2, 0.25) is 0 Å². The Kier molecular flexibility index (Phi) is 3.78. The van der Waals surface area contributed by atoms with Crippen molar-refractivity contribution in [2.75, 3.05) is 6.54 Å². The fourth-order valence-electron chi connectivity index (χ4n) is 4.31. The lowest BCUT2D eigenvalue weighted by Gasteiger charge is -2.44. The van der Waals surface area contributed by atoms with Crippen LogP contribution in [0.15, 0.2) is 16.2 Å². The molecule has 2 atom stereocenters. The van der Waals surface area contributed by atoms with Crippen LogP contribution in [0, 0.1) is 12.8 Å². The summed E-state index contributed by atoms with van der Waals surface area (Å²) in [5, 5.41) is 2.01. The summed E-state index contributed by atoms with van der Waals surface area (Å²) in [6.07, 6.45) is 8.15. The Morgan fingerprint density at radius 3 is 3.00 bits per heavy atom. The minimum absolute atomic E-state index is 0.0657. The normalized spacial score (nSPS) is 26.2. The van der Waals surface area contributed by atoms with E-state index < -0.39 is 0 Å². The zero-order chi connectivity index (χ0) is 15.1. The van der Waals surface area contributed by atoms with Gasteiger partial charge >= 0.3 is 0 Å². The molecule has 4 nitrogen and oxygen atoms in total. The van der Waals surface area contributed by atoms with Crippen LogP contribution in [0.4, 0.5) is 0 Å². The first-order chi connectivity index (χ1) is 10.7. The molecule has 3 heterocycles. The second-order valence-electron chi connectivity index (χ2n) is 6.81. The van der Waals surface area contributed by atoms with Gasteiger partial charge in [-0.2, -0.15) is 0 Å². The van der Waals surface area contributed by atoms with Gasteiger partial charge < -0.3 is 0 Å². The van der Waals surface area contributed by atoms with Gasteiger partial charge in [-0.05, 0) is 45.1 Å². The van der Waals surface area contributed by atoms with Gasteiger partial charge in [0.15, 0.2) is 4.96 Å². The van der Waals surface area contributed by atoms with Crippen LogP contribution in [-0.2, 0) is 6.54 Å². The minimum atomic E-state index is 0.0657. The summed E-state index contributed by atoms with van der Waals surface area (Å²) in [4.78, 5) is 20.5. The molecule has 1 aliphatic carbocycles. The zero-order valence-corrected chi connectivity index (χ0v) is 13.9. The Hall–Kier alpha value is -1.20. The van der Waals surface area contributed by atoms with Crippen molar-refractivity contribution in [1.29, 1.82) is 0 Å². The van der Waals surface area contributed by atoms with Crippen molar-refractivity contribution in [3.8, 4) is 0 Å². The van der Waals surface area contributed by atoms with Crippen LogP contribution in [0.1, 0.15) is 49.9 Å². The van der Waals surface area contributed by atoms with E-state index in [1.54, 1.807) is 21.8 Å². The summed E-state index contributed by atoms with van der Waals surface area (Å²) in [6, 6.07) is 2.45. The zero-order valence-electron chi connectivity index (χ0n) is 13.1. The fraction of sp³-hybridized carbons (Fsp3) is 0.647. The summed E-state index contributed by atoms with van der Waals surface area (Å²) in [5.41, 5.74) is 1.99. The molecular weight excluding hydrogens is 294 g/mol. The first-order valence-electron chi connectivity index (χ1n) is 8.43. The van der Waals surface area contributed by atoms with Crippen molar-refractivity contribution < 1.29 is 0 Å². The quantitative estimate of drug-likeness (QED) is 0.853. The van der Waals surface area contributed by atoms with E-state index in [2.05, 4.69) is 4.90 Å². The van der Waals surface area contributed by atoms with Crippen molar-refractivity contribution in [2.24, 2.45) is 5.92 Å².